The summed E-state index contributed by atoms with van der Waals surface area (Å²) < 4.78 is 7.43. The number of aromatic nitrogens is 3. The molecule has 10 nitrogen and oxygen atoms in total. The number of rotatable bonds is 5. The van der Waals surface area contributed by atoms with Crippen molar-refractivity contribution in [2.24, 2.45) is 0 Å². The molecule has 5 rings (SSSR count). The molecule has 180 valence electrons. The highest BCUT2D eigenvalue weighted by Gasteiger charge is 2.26. The van der Waals surface area contributed by atoms with E-state index in [1.165, 1.54) is 0 Å². The maximum Gasteiger partial charge on any atom is 0.304 e. The van der Waals surface area contributed by atoms with Crippen LogP contribution < -0.4 is 5.56 Å². The Morgan fingerprint density at radius 2 is 1.88 bits per heavy atom. The highest BCUT2D eigenvalue weighted by atomic mass is 16.5. The fraction of sp³-hybridized carbons (Fsp3) is 0.500. The SMILES string of the molecule is Cc1cc2[nH]c(=O)c3cnn(C4CCOCC4)c3c2cc1C(=O)N1CCN(CCC(=O)O)CC1. The van der Waals surface area contributed by atoms with Gasteiger partial charge in [-0.15, -0.1) is 0 Å². The van der Waals surface area contributed by atoms with Crippen LogP contribution in [0.1, 0.15) is 41.2 Å². The van der Waals surface area contributed by atoms with Crippen LogP contribution in [0.3, 0.4) is 0 Å². The Hall–Kier alpha value is -3.24. The number of benzene rings is 1. The number of nitrogens with zero attached hydrogens (tertiary/aromatic N) is 4. The van der Waals surface area contributed by atoms with Crippen LogP contribution in [0.4, 0.5) is 0 Å². The number of carbonyl (C=O) groups is 2. The van der Waals surface area contributed by atoms with Crippen molar-refractivity contribution in [1.29, 1.82) is 0 Å². The summed E-state index contributed by atoms with van der Waals surface area (Å²) in [5.74, 6) is -0.858. The van der Waals surface area contributed by atoms with E-state index in [-0.39, 0.29) is 23.9 Å². The second-order valence-electron chi connectivity index (χ2n) is 9.14. The van der Waals surface area contributed by atoms with Crippen molar-refractivity contribution in [1.82, 2.24) is 24.6 Å². The monoisotopic (exact) mass is 467 g/mol. The highest BCUT2D eigenvalue weighted by Crippen LogP contribution is 2.30. The Labute approximate surface area is 196 Å². The number of hydrogen-bond acceptors (Lipinski definition) is 6. The average molecular weight is 468 g/mol. The van der Waals surface area contributed by atoms with Gasteiger partial charge in [-0.3, -0.25) is 24.0 Å². The second-order valence-corrected chi connectivity index (χ2v) is 9.14. The zero-order valence-corrected chi connectivity index (χ0v) is 19.2. The summed E-state index contributed by atoms with van der Waals surface area (Å²) in [5, 5.41) is 14.8. The highest BCUT2D eigenvalue weighted by molar-refractivity contribution is 6.07. The molecule has 1 aromatic carbocycles. The van der Waals surface area contributed by atoms with Gasteiger partial charge in [-0.05, 0) is 37.5 Å². The molecule has 2 saturated heterocycles. The minimum atomic E-state index is -0.811. The van der Waals surface area contributed by atoms with E-state index in [9.17, 15) is 14.4 Å². The van der Waals surface area contributed by atoms with Gasteiger partial charge in [-0.2, -0.15) is 5.10 Å². The van der Waals surface area contributed by atoms with Gasteiger partial charge in [0, 0.05) is 56.9 Å². The fourth-order valence-corrected chi connectivity index (χ4v) is 5.03. The number of H-pyrrole nitrogens is 1. The Kier molecular flexibility index (Phi) is 6.09. The van der Waals surface area contributed by atoms with Gasteiger partial charge in [0.05, 0.1) is 35.1 Å². The number of nitrogens with one attached hydrogen (secondary N) is 1. The van der Waals surface area contributed by atoms with Gasteiger partial charge in [0.15, 0.2) is 0 Å². The van der Waals surface area contributed by atoms with Crippen LogP contribution in [0.15, 0.2) is 23.1 Å². The normalized spacial score (nSPS) is 18.1. The molecule has 0 unspecified atom stereocenters. The average Bonchev–Trinajstić information content (AvgIpc) is 3.29. The third-order valence-electron chi connectivity index (χ3n) is 6.98. The summed E-state index contributed by atoms with van der Waals surface area (Å²) in [7, 11) is 0. The first kappa shape index (κ1) is 22.5. The van der Waals surface area contributed by atoms with E-state index >= 15 is 0 Å². The van der Waals surface area contributed by atoms with Crippen LogP contribution in [-0.4, -0.2) is 87.5 Å². The molecule has 2 N–H and O–H groups in total. The van der Waals surface area contributed by atoms with Gasteiger partial charge in [0.25, 0.3) is 11.5 Å². The zero-order valence-electron chi connectivity index (χ0n) is 19.2. The number of ether oxygens (including phenoxy) is 1. The second kappa shape index (κ2) is 9.19. The molecule has 0 radical (unpaired) electrons. The molecule has 0 saturated carbocycles. The molecule has 2 aliphatic heterocycles. The third kappa shape index (κ3) is 4.19. The third-order valence-corrected chi connectivity index (χ3v) is 6.98. The lowest BCUT2D eigenvalue weighted by atomic mass is 10.0. The van der Waals surface area contributed by atoms with Crippen molar-refractivity contribution >= 4 is 33.7 Å². The van der Waals surface area contributed by atoms with E-state index in [0.717, 1.165) is 29.3 Å². The molecule has 10 heteroatoms. The van der Waals surface area contributed by atoms with Gasteiger partial charge in [-0.25, -0.2) is 0 Å². The summed E-state index contributed by atoms with van der Waals surface area (Å²) in [6, 6.07) is 3.91. The molecule has 2 aliphatic rings. The fourth-order valence-electron chi connectivity index (χ4n) is 5.03. The van der Waals surface area contributed by atoms with Crippen molar-refractivity contribution in [2.45, 2.75) is 32.2 Å². The smallest absolute Gasteiger partial charge is 0.304 e. The maximum atomic E-state index is 13.5. The van der Waals surface area contributed by atoms with E-state index in [2.05, 4.69) is 15.0 Å². The number of fused-ring (bicyclic) bond motifs is 3. The Morgan fingerprint density at radius 3 is 2.59 bits per heavy atom. The number of hydrogen-bond donors (Lipinski definition) is 2. The standard InChI is InChI=1S/C24H29N5O5/c1-15-12-20-18(13-17(15)24(33)28-8-6-27(7-9-28)5-2-21(30)31)22-19(23(32)26-20)14-25-29(22)16-3-10-34-11-4-16/h12-14,16H,2-11H2,1H3,(H,26,32)(H,30,31). The Bertz CT molecular complexity index is 1300. The molecular formula is C24H29N5O5. The molecule has 3 aromatic rings. The van der Waals surface area contributed by atoms with Gasteiger partial charge in [0.2, 0.25) is 0 Å². The first-order valence-electron chi connectivity index (χ1n) is 11.8. The van der Waals surface area contributed by atoms with E-state index in [4.69, 9.17) is 9.84 Å². The molecule has 34 heavy (non-hydrogen) atoms. The predicted molar refractivity (Wildman–Crippen MR) is 126 cm³/mol. The van der Waals surface area contributed by atoms with Gasteiger partial charge >= 0.3 is 5.97 Å². The van der Waals surface area contributed by atoms with Gasteiger partial charge in [0.1, 0.15) is 0 Å². The topological polar surface area (TPSA) is 121 Å². The van der Waals surface area contributed by atoms with E-state index in [1.807, 2.05) is 28.6 Å². The van der Waals surface area contributed by atoms with Crippen LogP contribution >= 0.6 is 0 Å². The zero-order chi connectivity index (χ0) is 23.8. The van der Waals surface area contributed by atoms with Gasteiger partial charge < -0.3 is 19.7 Å². The van der Waals surface area contributed by atoms with Crippen molar-refractivity contribution in [3.63, 3.8) is 0 Å². The number of aryl methyl sites for hydroxylation is 1. The lowest BCUT2D eigenvalue weighted by Crippen LogP contribution is -2.49. The van der Waals surface area contributed by atoms with Crippen molar-refractivity contribution in [3.05, 3.63) is 39.8 Å². The summed E-state index contributed by atoms with van der Waals surface area (Å²) in [5.41, 5.74) is 2.69. The molecular weight excluding hydrogens is 438 g/mol. The summed E-state index contributed by atoms with van der Waals surface area (Å²) in [6.07, 6.45) is 3.37. The molecule has 2 fully saturated rings. The number of piperazine rings is 1. The van der Waals surface area contributed by atoms with Crippen molar-refractivity contribution in [2.75, 3.05) is 45.9 Å². The van der Waals surface area contributed by atoms with Crippen LogP contribution in [-0.2, 0) is 9.53 Å². The van der Waals surface area contributed by atoms with Crippen molar-refractivity contribution in [3.8, 4) is 0 Å². The molecule has 0 bridgehead atoms. The minimum Gasteiger partial charge on any atom is -0.481 e. The number of carboxylic acids is 1. The number of carboxylic acid groups (broad SMARTS) is 1. The molecule has 1 amide bonds. The lowest BCUT2D eigenvalue weighted by Gasteiger charge is -2.34. The number of amides is 1. The summed E-state index contributed by atoms with van der Waals surface area (Å²) >= 11 is 0. The van der Waals surface area contributed by atoms with Crippen LogP contribution in [0, 0.1) is 6.92 Å². The van der Waals surface area contributed by atoms with Crippen LogP contribution in [0.5, 0.6) is 0 Å². The predicted octanol–water partition coefficient (Wildman–Crippen LogP) is 1.77. The Morgan fingerprint density at radius 1 is 1.15 bits per heavy atom. The summed E-state index contributed by atoms with van der Waals surface area (Å²) in [6.45, 7) is 6.11. The quantitative estimate of drug-likeness (QED) is 0.587. The number of carbonyl (C=O) groups excluding carboxylic acids is 1. The first-order valence-corrected chi connectivity index (χ1v) is 11.8. The minimum absolute atomic E-state index is 0.0474. The number of aliphatic carboxylic acids is 1. The molecule has 0 spiro atoms. The largest absolute Gasteiger partial charge is 0.481 e. The lowest BCUT2D eigenvalue weighted by molar-refractivity contribution is -0.137. The first-order chi connectivity index (χ1) is 16.4. The molecule has 2 aromatic heterocycles. The maximum absolute atomic E-state index is 13.5. The molecule has 4 heterocycles. The molecule has 0 atom stereocenters. The van der Waals surface area contributed by atoms with Gasteiger partial charge in [-0.1, -0.05) is 0 Å². The summed E-state index contributed by atoms with van der Waals surface area (Å²) in [4.78, 5) is 43.9. The van der Waals surface area contributed by atoms with Crippen LogP contribution in [0.25, 0.3) is 21.8 Å². The number of aromatic amines is 1. The number of pyridine rings is 1. The Balaban J connectivity index is 1.48. The van der Waals surface area contributed by atoms with E-state index < -0.39 is 5.97 Å². The van der Waals surface area contributed by atoms with Crippen LogP contribution in [0.2, 0.25) is 0 Å². The van der Waals surface area contributed by atoms with Crippen molar-refractivity contribution < 1.29 is 19.4 Å². The van der Waals surface area contributed by atoms with E-state index in [1.54, 1.807) is 6.20 Å². The van der Waals surface area contributed by atoms with E-state index in [0.29, 0.717) is 62.4 Å². The molecule has 0 aliphatic carbocycles.